The Balaban J connectivity index is 1.72. The fourth-order valence-corrected chi connectivity index (χ4v) is 2.76. The maximum atomic E-state index is 5.94. The van der Waals surface area contributed by atoms with Gasteiger partial charge in [-0.2, -0.15) is 0 Å². The highest BCUT2D eigenvalue weighted by Crippen LogP contribution is 2.18. The van der Waals surface area contributed by atoms with Gasteiger partial charge in [-0.1, -0.05) is 29.8 Å². The summed E-state index contributed by atoms with van der Waals surface area (Å²) in [6, 6.07) is 14.1. The first-order valence-corrected chi connectivity index (χ1v) is 8.32. The maximum Gasteiger partial charge on any atom is 0.0961 e. The molecule has 0 aliphatic heterocycles. The number of fused-ring (bicyclic) bond motifs is 1. The van der Waals surface area contributed by atoms with Gasteiger partial charge in [-0.3, -0.25) is 0 Å². The number of hydrogen-bond donors (Lipinski definition) is 0. The molecule has 1 atom stereocenters. The van der Waals surface area contributed by atoms with Crippen LogP contribution in [0.15, 0.2) is 48.8 Å². The fraction of sp³-hybridized carbons (Fsp3) is 0.316. The van der Waals surface area contributed by atoms with E-state index in [1.54, 1.807) is 7.11 Å². The molecule has 0 bridgehead atoms. The molecule has 5 heteroatoms. The van der Waals surface area contributed by atoms with E-state index in [2.05, 4.69) is 27.8 Å². The van der Waals surface area contributed by atoms with Crippen LogP contribution in [0.5, 0.6) is 0 Å². The number of methoxy groups -OCH3 is 1. The maximum absolute atomic E-state index is 5.94. The number of hydrogen-bond acceptors (Lipinski definition) is 3. The summed E-state index contributed by atoms with van der Waals surface area (Å²) in [7, 11) is 1.68. The van der Waals surface area contributed by atoms with Gasteiger partial charge >= 0.3 is 0 Å². The second-order valence-corrected chi connectivity index (χ2v) is 6.34. The fourth-order valence-electron chi connectivity index (χ4n) is 2.63. The summed E-state index contributed by atoms with van der Waals surface area (Å²) in [5.74, 6) is 0. The number of ether oxygens (including phenoxy) is 2. The van der Waals surface area contributed by atoms with Gasteiger partial charge in [-0.15, -0.1) is 0 Å². The minimum Gasteiger partial charge on any atom is -0.382 e. The van der Waals surface area contributed by atoms with Crippen molar-refractivity contribution >= 4 is 22.6 Å². The average Bonchev–Trinajstić information content (AvgIpc) is 2.97. The summed E-state index contributed by atoms with van der Waals surface area (Å²) in [5.41, 5.74) is 4.39. The highest BCUT2D eigenvalue weighted by Gasteiger charge is 2.07. The third-order valence-corrected chi connectivity index (χ3v) is 4.14. The third-order valence-electron chi connectivity index (χ3n) is 3.89. The minimum atomic E-state index is 0.0770. The van der Waals surface area contributed by atoms with Crippen molar-refractivity contribution in [1.29, 1.82) is 0 Å². The first-order valence-electron chi connectivity index (χ1n) is 7.94. The van der Waals surface area contributed by atoms with E-state index in [-0.39, 0.29) is 6.10 Å². The van der Waals surface area contributed by atoms with Crippen LogP contribution in [-0.4, -0.2) is 29.4 Å². The predicted octanol–water partition coefficient (Wildman–Crippen LogP) is 4.29. The Kier molecular flexibility index (Phi) is 5.51. The Morgan fingerprint density at radius 3 is 2.62 bits per heavy atom. The molecular formula is C19H21ClN2O2. The number of benzene rings is 2. The molecule has 0 aliphatic rings. The van der Waals surface area contributed by atoms with Gasteiger partial charge in [-0.05, 0) is 42.3 Å². The van der Waals surface area contributed by atoms with E-state index in [1.165, 1.54) is 5.56 Å². The Hall–Kier alpha value is -1.88. The summed E-state index contributed by atoms with van der Waals surface area (Å²) < 4.78 is 13.0. The van der Waals surface area contributed by atoms with Gasteiger partial charge in [-0.25, -0.2) is 4.98 Å². The van der Waals surface area contributed by atoms with Crippen molar-refractivity contribution in [3.05, 3.63) is 64.9 Å². The number of aromatic nitrogens is 2. The lowest BCUT2D eigenvalue weighted by Gasteiger charge is -2.12. The Morgan fingerprint density at radius 1 is 1.12 bits per heavy atom. The smallest absolute Gasteiger partial charge is 0.0961 e. The zero-order valence-electron chi connectivity index (χ0n) is 13.9. The first-order chi connectivity index (χ1) is 11.7. The van der Waals surface area contributed by atoms with Crippen LogP contribution in [0.4, 0.5) is 0 Å². The van der Waals surface area contributed by atoms with Crippen LogP contribution in [-0.2, 0) is 22.6 Å². The van der Waals surface area contributed by atoms with Gasteiger partial charge in [0.15, 0.2) is 0 Å². The molecule has 0 radical (unpaired) electrons. The van der Waals surface area contributed by atoms with Crippen LogP contribution >= 0.6 is 11.6 Å². The molecule has 0 aliphatic carbocycles. The van der Waals surface area contributed by atoms with Crippen molar-refractivity contribution < 1.29 is 9.47 Å². The zero-order chi connectivity index (χ0) is 16.9. The van der Waals surface area contributed by atoms with Crippen molar-refractivity contribution in [2.45, 2.75) is 26.2 Å². The number of nitrogens with zero attached hydrogens (tertiary/aromatic N) is 2. The normalized spacial score (nSPS) is 12.6. The molecule has 1 aromatic heterocycles. The van der Waals surface area contributed by atoms with Crippen LogP contribution in [0.2, 0.25) is 5.02 Å². The van der Waals surface area contributed by atoms with E-state index in [0.717, 1.165) is 28.2 Å². The molecule has 4 nitrogen and oxygen atoms in total. The summed E-state index contributed by atoms with van der Waals surface area (Å²) in [4.78, 5) is 4.51. The lowest BCUT2D eigenvalue weighted by Crippen LogP contribution is -2.14. The Morgan fingerprint density at radius 2 is 1.88 bits per heavy atom. The molecule has 0 saturated carbocycles. The lowest BCUT2D eigenvalue weighted by molar-refractivity contribution is -0.0000925. The quantitative estimate of drug-likeness (QED) is 0.641. The van der Waals surface area contributed by atoms with Gasteiger partial charge in [0.05, 0.1) is 36.7 Å². The summed E-state index contributed by atoms with van der Waals surface area (Å²) in [5, 5.41) is 0.751. The highest BCUT2D eigenvalue weighted by atomic mass is 35.5. The topological polar surface area (TPSA) is 36.3 Å². The molecule has 3 rings (SSSR count). The van der Waals surface area contributed by atoms with E-state index in [4.69, 9.17) is 21.1 Å². The zero-order valence-corrected chi connectivity index (χ0v) is 14.7. The van der Waals surface area contributed by atoms with Crippen molar-refractivity contribution in [3.63, 3.8) is 0 Å². The standard InChI is InChI=1S/C19H21ClN2O2/c1-14(11-23-2)24-12-16-5-8-19-18(9-16)21-13-22(19)10-15-3-6-17(20)7-4-15/h3-9,13-14H,10-12H2,1-2H3/t14-/m0/s1. The van der Waals surface area contributed by atoms with E-state index >= 15 is 0 Å². The highest BCUT2D eigenvalue weighted by molar-refractivity contribution is 6.30. The van der Waals surface area contributed by atoms with E-state index in [1.807, 2.05) is 37.5 Å². The molecule has 0 amide bonds. The molecule has 1 heterocycles. The van der Waals surface area contributed by atoms with Crippen LogP contribution in [0, 0.1) is 0 Å². The van der Waals surface area contributed by atoms with E-state index in [9.17, 15) is 0 Å². The van der Waals surface area contributed by atoms with Crippen molar-refractivity contribution in [1.82, 2.24) is 9.55 Å². The molecule has 3 aromatic rings. The molecule has 24 heavy (non-hydrogen) atoms. The summed E-state index contributed by atoms with van der Waals surface area (Å²) in [6.45, 7) is 3.93. The second-order valence-electron chi connectivity index (χ2n) is 5.90. The van der Waals surface area contributed by atoms with Crippen LogP contribution < -0.4 is 0 Å². The molecule has 0 saturated heterocycles. The predicted molar refractivity (Wildman–Crippen MR) is 96.4 cm³/mol. The Labute approximate surface area is 147 Å². The largest absolute Gasteiger partial charge is 0.382 e. The van der Waals surface area contributed by atoms with Crippen molar-refractivity contribution in [3.8, 4) is 0 Å². The van der Waals surface area contributed by atoms with Gasteiger partial charge in [0, 0.05) is 18.7 Å². The van der Waals surface area contributed by atoms with Gasteiger partial charge in [0.25, 0.3) is 0 Å². The first kappa shape index (κ1) is 17.0. The summed E-state index contributed by atoms with van der Waals surface area (Å²) in [6.07, 6.45) is 1.95. The molecular weight excluding hydrogens is 324 g/mol. The molecule has 0 spiro atoms. The van der Waals surface area contributed by atoms with Crippen molar-refractivity contribution in [2.24, 2.45) is 0 Å². The monoisotopic (exact) mass is 344 g/mol. The van der Waals surface area contributed by atoms with Gasteiger partial charge in [0.1, 0.15) is 0 Å². The van der Waals surface area contributed by atoms with Crippen LogP contribution in [0.1, 0.15) is 18.1 Å². The van der Waals surface area contributed by atoms with Crippen LogP contribution in [0.25, 0.3) is 11.0 Å². The minimum absolute atomic E-state index is 0.0770. The summed E-state index contributed by atoms with van der Waals surface area (Å²) >= 11 is 5.94. The molecule has 0 unspecified atom stereocenters. The lowest BCUT2D eigenvalue weighted by atomic mass is 10.2. The van der Waals surface area contributed by atoms with Crippen LogP contribution in [0.3, 0.4) is 0 Å². The molecule has 0 fully saturated rings. The van der Waals surface area contributed by atoms with Gasteiger partial charge in [0.2, 0.25) is 0 Å². The van der Waals surface area contributed by atoms with Gasteiger partial charge < -0.3 is 14.0 Å². The SMILES string of the molecule is COC[C@H](C)OCc1ccc2c(c1)ncn2Cc1ccc(Cl)cc1. The number of halogens is 1. The average molecular weight is 345 g/mol. The van der Waals surface area contributed by atoms with E-state index in [0.29, 0.717) is 13.2 Å². The molecule has 0 N–H and O–H groups in total. The second kappa shape index (κ2) is 7.79. The molecule has 2 aromatic carbocycles. The number of imidazole rings is 1. The van der Waals surface area contributed by atoms with Crippen molar-refractivity contribution in [2.75, 3.05) is 13.7 Å². The Bertz CT molecular complexity index is 799. The number of rotatable bonds is 7. The third kappa shape index (κ3) is 4.15. The molecule has 126 valence electrons. The van der Waals surface area contributed by atoms with E-state index < -0.39 is 0 Å².